The predicted octanol–water partition coefficient (Wildman–Crippen LogP) is 2.26. The summed E-state index contributed by atoms with van der Waals surface area (Å²) in [5.41, 5.74) is 4.62. The molecule has 0 saturated heterocycles. The van der Waals surface area contributed by atoms with E-state index in [0.717, 1.165) is 23.1 Å². The zero-order chi connectivity index (χ0) is 13.4. The lowest BCUT2D eigenvalue weighted by molar-refractivity contribution is 0.839. The lowest BCUT2D eigenvalue weighted by atomic mass is 10.1. The van der Waals surface area contributed by atoms with E-state index in [2.05, 4.69) is 27.7 Å². The van der Waals surface area contributed by atoms with Crippen LogP contribution < -0.4 is 0 Å². The van der Waals surface area contributed by atoms with Gasteiger partial charge in [0.1, 0.15) is 0 Å². The minimum Gasteiger partial charge on any atom is -0.247 e. The van der Waals surface area contributed by atoms with Crippen molar-refractivity contribution < 1.29 is 0 Å². The van der Waals surface area contributed by atoms with Gasteiger partial charge in [-0.25, -0.2) is 4.98 Å². The van der Waals surface area contributed by atoms with Gasteiger partial charge in [0.25, 0.3) is 0 Å². The van der Waals surface area contributed by atoms with Crippen LogP contribution in [0.25, 0.3) is 16.7 Å². The lowest BCUT2D eigenvalue weighted by Gasteiger charge is -2.05. The summed E-state index contributed by atoms with van der Waals surface area (Å²) in [5.74, 6) is 0. The maximum atomic E-state index is 4.71. The molecular weight excluding hydrogens is 250 g/mol. The third-order valence-electron chi connectivity index (χ3n) is 3.31. The first-order chi connectivity index (χ1) is 9.92. The van der Waals surface area contributed by atoms with Crippen LogP contribution in [0.2, 0.25) is 0 Å². The molecule has 0 fully saturated rings. The van der Waals surface area contributed by atoms with E-state index in [4.69, 9.17) is 4.98 Å². The summed E-state index contributed by atoms with van der Waals surface area (Å²) in [6.45, 7) is 0. The van der Waals surface area contributed by atoms with Gasteiger partial charge in [-0.2, -0.15) is 4.52 Å². The summed E-state index contributed by atoms with van der Waals surface area (Å²) in [5, 5.41) is 11.9. The van der Waals surface area contributed by atoms with Gasteiger partial charge >= 0.3 is 0 Å². The number of hydrogen-bond donors (Lipinski definition) is 0. The zero-order valence-electron chi connectivity index (χ0n) is 10.6. The van der Waals surface area contributed by atoms with E-state index in [1.807, 2.05) is 42.5 Å². The molecule has 5 heteroatoms. The summed E-state index contributed by atoms with van der Waals surface area (Å²) in [6, 6.07) is 18.1. The minimum absolute atomic E-state index is 0.715. The van der Waals surface area contributed by atoms with Gasteiger partial charge in [-0.1, -0.05) is 42.5 Å². The fraction of sp³-hybridized carbons (Fsp3) is 0.0667. The highest BCUT2D eigenvalue weighted by atomic mass is 15.5. The van der Waals surface area contributed by atoms with Crippen LogP contribution >= 0.6 is 0 Å². The predicted molar refractivity (Wildman–Crippen MR) is 75.3 cm³/mol. The van der Waals surface area contributed by atoms with Crippen molar-refractivity contribution in [3.63, 3.8) is 0 Å². The van der Waals surface area contributed by atoms with Crippen molar-refractivity contribution in [2.45, 2.75) is 6.42 Å². The Balaban J connectivity index is 1.95. The molecule has 0 atom stereocenters. The van der Waals surface area contributed by atoms with Gasteiger partial charge in [-0.3, -0.25) is 0 Å². The van der Waals surface area contributed by atoms with E-state index in [1.54, 1.807) is 4.52 Å². The maximum absolute atomic E-state index is 4.71. The Morgan fingerprint density at radius 3 is 2.60 bits per heavy atom. The normalized spacial score (nSPS) is 11.2. The molecule has 2 aromatic carbocycles. The quantitative estimate of drug-likeness (QED) is 0.555. The molecule has 20 heavy (non-hydrogen) atoms. The van der Waals surface area contributed by atoms with Crippen molar-refractivity contribution in [1.82, 2.24) is 25.0 Å². The second-order valence-electron chi connectivity index (χ2n) is 4.62. The molecule has 0 amide bonds. The second-order valence-corrected chi connectivity index (χ2v) is 4.62. The third-order valence-corrected chi connectivity index (χ3v) is 3.31. The number of tetrazole rings is 1. The van der Waals surface area contributed by atoms with Crippen LogP contribution in [0, 0.1) is 0 Å². The van der Waals surface area contributed by atoms with Crippen LogP contribution in [0.5, 0.6) is 0 Å². The first kappa shape index (κ1) is 11.0. The Bertz CT molecular complexity index is 882. The SMILES string of the molecule is c1ccc(Cc2nc3ccccc3n3nnnc23)cc1. The van der Waals surface area contributed by atoms with Gasteiger partial charge in [0.05, 0.1) is 16.7 Å². The van der Waals surface area contributed by atoms with E-state index in [-0.39, 0.29) is 0 Å². The molecule has 0 unspecified atom stereocenters. The Hall–Kier alpha value is -2.82. The molecule has 96 valence electrons. The van der Waals surface area contributed by atoms with Crippen molar-refractivity contribution >= 4 is 16.7 Å². The Labute approximate surface area is 114 Å². The molecular formula is C15H11N5. The fourth-order valence-corrected chi connectivity index (χ4v) is 2.37. The topological polar surface area (TPSA) is 56.0 Å². The first-order valence-electron chi connectivity index (χ1n) is 6.41. The van der Waals surface area contributed by atoms with Crippen molar-refractivity contribution in [2.75, 3.05) is 0 Å². The molecule has 4 aromatic rings. The van der Waals surface area contributed by atoms with Crippen LogP contribution in [-0.4, -0.2) is 25.0 Å². The summed E-state index contributed by atoms with van der Waals surface area (Å²) >= 11 is 0. The molecule has 0 bridgehead atoms. The summed E-state index contributed by atoms with van der Waals surface area (Å²) in [4.78, 5) is 4.71. The highest BCUT2D eigenvalue weighted by Gasteiger charge is 2.11. The van der Waals surface area contributed by atoms with Crippen molar-refractivity contribution in [1.29, 1.82) is 0 Å². The van der Waals surface area contributed by atoms with Gasteiger partial charge in [0.2, 0.25) is 5.65 Å². The van der Waals surface area contributed by atoms with E-state index < -0.39 is 0 Å². The number of rotatable bonds is 2. The monoisotopic (exact) mass is 261 g/mol. The molecule has 0 N–H and O–H groups in total. The Kier molecular flexibility index (Phi) is 2.42. The van der Waals surface area contributed by atoms with E-state index >= 15 is 0 Å². The molecule has 0 aliphatic carbocycles. The average molecular weight is 261 g/mol. The van der Waals surface area contributed by atoms with E-state index in [0.29, 0.717) is 5.65 Å². The van der Waals surface area contributed by atoms with Crippen LogP contribution in [-0.2, 0) is 6.42 Å². The molecule has 0 radical (unpaired) electrons. The van der Waals surface area contributed by atoms with E-state index in [9.17, 15) is 0 Å². The molecule has 0 saturated carbocycles. The average Bonchev–Trinajstić information content (AvgIpc) is 2.98. The molecule has 4 rings (SSSR count). The number of hydrogen-bond acceptors (Lipinski definition) is 4. The first-order valence-corrected chi connectivity index (χ1v) is 6.41. The number of para-hydroxylation sites is 2. The van der Waals surface area contributed by atoms with Crippen molar-refractivity contribution in [3.8, 4) is 0 Å². The minimum atomic E-state index is 0.715. The van der Waals surface area contributed by atoms with Crippen molar-refractivity contribution in [3.05, 3.63) is 65.9 Å². The summed E-state index contributed by atoms with van der Waals surface area (Å²) in [7, 11) is 0. The Morgan fingerprint density at radius 1 is 0.900 bits per heavy atom. The van der Waals surface area contributed by atoms with Crippen LogP contribution in [0.15, 0.2) is 54.6 Å². The fourth-order valence-electron chi connectivity index (χ4n) is 2.37. The smallest absolute Gasteiger partial charge is 0.201 e. The number of fused-ring (bicyclic) bond motifs is 3. The largest absolute Gasteiger partial charge is 0.247 e. The molecule has 0 aliphatic heterocycles. The summed E-state index contributed by atoms with van der Waals surface area (Å²) < 4.78 is 1.75. The van der Waals surface area contributed by atoms with Gasteiger partial charge in [-0.05, 0) is 28.1 Å². The summed E-state index contributed by atoms with van der Waals surface area (Å²) in [6.07, 6.45) is 0.718. The molecule has 2 heterocycles. The molecule has 0 aliphatic rings. The van der Waals surface area contributed by atoms with E-state index in [1.165, 1.54) is 5.56 Å². The highest BCUT2D eigenvalue weighted by Crippen LogP contribution is 2.17. The van der Waals surface area contributed by atoms with Gasteiger partial charge in [0, 0.05) is 6.42 Å². The zero-order valence-corrected chi connectivity index (χ0v) is 10.6. The van der Waals surface area contributed by atoms with Crippen LogP contribution in [0.4, 0.5) is 0 Å². The molecule has 0 spiro atoms. The highest BCUT2D eigenvalue weighted by molar-refractivity contribution is 5.77. The molecule has 2 aromatic heterocycles. The van der Waals surface area contributed by atoms with Gasteiger partial charge in [0.15, 0.2) is 0 Å². The number of nitrogens with zero attached hydrogens (tertiary/aromatic N) is 5. The van der Waals surface area contributed by atoms with Crippen LogP contribution in [0.3, 0.4) is 0 Å². The van der Waals surface area contributed by atoms with Gasteiger partial charge < -0.3 is 0 Å². The number of benzene rings is 2. The molecule has 5 nitrogen and oxygen atoms in total. The van der Waals surface area contributed by atoms with Crippen molar-refractivity contribution in [2.24, 2.45) is 0 Å². The standard InChI is InChI=1S/C15H11N5/c1-2-6-11(7-3-1)10-13-15-17-18-19-20(15)14-9-5-4-8-12(14)16-13/h1-9H,10H2. The third kappa shape index (κ3) is 1.72. The second kappa shape index (κ2) is 4.38. The van der Waals surface area contributed by atoms with Gasteiger partial charge in [-0.15, -0.1) is 5.10 Å². The van der Waals surface area contributed by atoms with Crippen LogP contribution in [0.1, 0.15) is 11.3 Å². The number of aromatic nitrogens is 5. The lowest BCUT2D eigenvalue weighted by Crippen LogP contribution is -2.01. The maximum Gasteiger partial charge on any atom is 0.201 e. The Morgan fingerprint density at radius 2 is 1.70 bits per heavy atom.